The largest absolute Gasteiger partial charge is 0.486 e. The number of aliphatic hydroxyl groups is 2. The first-order valence-electron chi connectivity index (χ1n) is 5.88. The first kappa shape index (κ1) is 15.1. The van der Waals surface area contributed by atoms with Crippen molar-refractivity contribution in [2.24, 2.45) is 5.16 Å². The van der Waals surface area contributed by atoms with Gasteiger partial charge in [-0.2, -0.15) is 0 Å². The second-order valence-corrected chi connectivity index (χ2v) is 3.89. The Morgan fingerprint density at radius 3 is 2.42 bits per heavy atom. The predicted molar refractivity (Wildman–Crippen MR) is 68.9 cm³/mol. The van der Waals surface area contributed by atoms with Crippen LogP contribution in [-0.4, -0.2) is 46.7 Å². The van der Waals surface area contributed by atoms with Crippen molar-refractivity contribution in [1.82, 2.24) is 0 Å². The van der Waals surface area contributed by atoms with E-state index in [2.05, 4.69) is 5.16 Å². The summed E-state index contributed by atoms with van der Waals surface area (Å²) in [6.07, 6.45) is 1.25. The fraction of sp³-hybridized carbons (Fsp3) is 0.385. The number of hydrogen-bond acceptors (Lipinski definition) is 6. The minimum absolute atomic E-state index is 0.0627. The van der Waals surface area contributed by atoms with E-state index >= 15 is 0 Å². The van der Waals surface area contributed by atoms with Crippen molar-refractivity contribution < 1.29 is 25.0 Å². The maximum Gasteiger partial charge on any atom is 0.163 e. The predicted octanol–water partition coefficient (Wildman–Crippen LogP) is 0.841. The Labute approximate surface area is 110 Å². The second-order valence-electron chi connectivity index (χ2n) is 3.89. The Hall–Kier alpha value is -1.92. The van der Waals surface area contributed by atoms with E-state index in [1.807, 2.05) is 0 Å². The number of carbonyl (C=O) groups is 1. The van der Waals surface area contributed by atoms with Crippen LogP contribution >= 0.6 is 0 Å². The van der Waals surface area contributed by atoms with Crippen molar-refractivity contribution >= 4 is 12.0 Å². The van der Waals surface area contributed by atoms with Crippen LogP contribution in [0.1, 0.15) is 23.2 Å². The fourth-order valence-electron chi connectivity index (χ4n) is 1.44. The Balaban J connectivity index is 2.57. The Morgan fingerprint density at radius 1 is 1.26 bits per heavy atom. The average molecular weight is 267 g/mol. The molecule has 0 aromatic heterocycles. The molecule has 6 nitrogen and oxygen atoms in total. The van der Waals surface area contributed by atoms with Gasteiger partial charge in [0.25, 0.3) is 0 Å². The van der Waals surface area contributed by atoms with Gasteiger partial charge in [0, 0.05) is 18.2 Å². The molecule has 0 amide bonds. The number of aliphatic hydroxyl groups excluding tert-OH is 2. The zero-order chi connectivity index (χ0) is 14.1. The van der Waals surface area contributed by atoms with Crippen LogP contribution in [0.25, 0.3) is 0 Å². The molecule has 0 saturated carbocycles. The van der Waals surface area contributed by atoms with Gasteiger partial charge in [0.2, 0.25) is 0 Å². The van der Waals surface area contributed by atoms with E-state index in [-0.39, 0.29) is 25.4 Å². The van der Waals surface area contributed by atoms with Crippen LogP contribution in [0.4, 0.5) is 0 Å². The summed E-state index contributed by atoms with van der Waals surface area (Å²) in [5.74, 6) is 0.411. The highest BCUT2D eigenvalue weighted by atomic mass is 16.5. The molecule has 3 N–H and O–H groups in total. The summed E-state index contributed by atoms with van der Waals surface area (Å²) in [7, 11) is 0. The minimum atomic E-state index is -0.665. The number of oxime groups is 1. The van der Waals surface area contributed by atoms with Gasteiger partial charge >= 0.3 is 0 Å². The fourth-order valence-corrected chi connectivity index (χ4v) is 1.44. The van der Waals surface area contributed by atoms with Crippen LogP contribution in [0.15, 0.2) is 29.4 Å². The summed E-state index contributed by atoms with van der Waals surface area (Å²) in [5.41, 5.74) is 0.531. The molecule has 0 radical (unpaired) electrons. The minimum Gasteiger partial charge on any atom is -0.486 e. The molecule has 0 aliphatic carbocycles. The lowest BCUT2D eigenvalue weighted by Gasteiger charge is -2.14. The Bertz CT molecular complexity index is 412. The van der Waals surface area contributed by atoms with Crippen molar-refractivity contribution in [3.05, 3.63) is 29.8 Å². The van der Waals surface area contributed by atoms with Crippen LogP contribution in [0.3, 0.4) is 0 Å². The van der Waals surface area contributed by atoms with Crippen LogP contribution in [0, 0.1) is 0 Å². The Morgan fingerprint density at radius 2 is 1.89 bits per heavy atom. The molecule has 0 aliphatic heterocycles. The van der Waals surface area contributed by atoms with E-state index < -0.39 is 6.10 Å². The van der Waals surface area contributed by atoms with E-state index in [1.54, 1.807) is 24.3 Å². The molecule has 19 heavy (non-hydrogen) atoms. The first-order chi connectivity index (χ1) is 9.21. The smallest absolute Gasteiger partial charge is 0.163 e. The third-order valence-electron chi connectivity index (χ3n) is 2.47. The van der Waals surface area contributed by atoms with Crippen molar-refractivity contribution in [1.29, 1.82) is 0 Å². The van der Waals surface area contributed by atoms with Gasteiger partial charge in [0.15, 0.2) is 5.78 Å². The SMILES string of the molecule is O=C(CC/C=N/O)c1ccc(OC(CO)CO)cc1. The molecule has 0 bridgehead atoms. The number of ketones is 1. The molecule has 1 aromatic carbocycles. The molecule has 1 aromatic rings. The molecule has 104 valence electrons. The summed E-state index contributed by atoms with van der Waals surface area (Å²) in [5, 5.41) is 28.8. The normalized spacial score (nSPS) is 11.1. The zero-order valence-electron chi connectivity index (χ0n) is 10.4. The van der Waals surface area contributed by atoms with Gasteiger partial charge in [-0.05, 0) is 30.7 Å². The summed E-state index contributed by atoms with van der Waals surface area (Å²) >= 11 is 0. The number of ether oxygens (including phenoxy) is 1. The molecular weight excluding hydrogens is 250 g/mol. The number of hydrogen-bond donors (Lipinski definition) is 3. The van der Waals surface area contributed by atoms with Gasteiger partial charge in [-0.3, -0.25) is 4.79 Å². The lowest BCUT2D eigenvalue weighted by atomic mass is 10.1. The van der Waals surface area contributed by atoms with Gasteiger partial charge < -0.3 is 20.2 Å². The van der Waals surface area contributed by atoms with Crippen molar-refractivity contribution in [2.45, 2.75) is 18.9 Å². The number of nitrogens with zero attached hydrogens (tertiary/aromatic N) is 1. The monoisotopic (exact) mass is 267 g/mol. The molecule has 0 fully saturated rings. The second kappa shape index (κ2) is 8.23. The summed E-state index contributed by atoms with van der Waals surface area (Å²) < 4.78 is 5.28. The average Bonchev–Trinajstić information content (AvgIpc) is 2.45. The molecule has 0 spiro atoms. The van der Waals surface area contributed by atoms with Crippen LogP contribution in [0.5, 0.6) is 5.75 Å². The van der Waals surface area contributed by atoms with Gasteiger partial charge in [-0.25, -0.2) is 0 Å². The standard InChI is InChI=1S/C13H17NO5/c15-8-12(9-16)19-11-5-3-10(4-6-11)13(17)2-1-7-14-18/h3-7,12,15-16,18H,1-2,8-9H2/b14-7+. The van der Waals surface area contributed by atoms with E-state index in [4.69, 9.17) is 20.2 Å². The summed E-state index contributed by atoms with van der Waals surface area (Å²) in [6.45, 7) is -0.560. The first-order valence-corrected chi connectivity index (χ1v) is 5.88. The van der Waals surface area contributed by atoms with Gasteiger partial charge in [0.05, 0.1) is 13.2 Å². The molecule has 6 heteroatoms. The number of carbonyl (C=O) groups excluding carboxylic acids is 1. The van der Waals surface area contributed by atoms with E-state index in [0.29, 0.717) is 17.7 Å². The van der Waals surface area contributed by atoms with Crippen LogP contribution in [0.2, 0.25) is 0 Å². The third-order valence-corrected chi connectivity index (χ3v) is 2.47. The van der Waals surface area contributed by atoms with Crippen molar-refractivity contribution in [3.63, 3.8) is 0 Å². The van der Waals surface area contributed by atoms with E-state index in [0.717, 1.165) is 0 Å². The number of rotatable bonds is 8. The maximum absolute atomic E-state index is 11.7. The van der Waals surface area contributed by atoms with Gasteiger partial charge in [0.1, 0.15) is 11.9 Å². The molecule has 0 saturated heterocycles. The van der Waals surface area contributed by atoms with E-state index in [9.17, 15) is 4.79 Å². The molecule has 0 unspecified atom stereocenters. The summed E-state index contributed by atoms with van der Waals surface area (Å²) in [4.78, 5) is 11.7. The zero-order valence-corrected chi connectivity index (χ0v) is 10.4. The van der Waals surface area contributed by atoms with Crippen LogP contribution in [-0.2, 0) is 0 Å². The lowest BCUT2D eigenvalue weighted by Crippen LogP contribution is -2.25. The molecule has 1 rings (SSSR count). The van der Waals surface area contributed by atoms with Crippen molar-refractivity contribution in [2.75, 3.05) is 13.2 Å². The number of Topliss-reactive ketones (excluding diaryl/α,β-unsaturated/α-hetero) is 1. The highest BCUT2D eigenvalue weighted by Crippen LogP contribution is 2.15. The van der Waals surface area contributed by atoms with Gasteiger partial charge in [-0.15, -0.1) is 5.16 Å². The molecular formula is C13H17NO5. The van der Waals surface area contributed by atoms with E-state index in [1.165, 1.54) is 6.21 Å². The maximum atomic E-state index is 11.7. The molecule has 0 aliphatic rings. The highest BCUT2D eigenvalue weighted by Gasteiger charge is 2.09. The third kappa shape index (κ3) is 5.07. The number of benzene rings is 1. The topological polar surface area (TPSA) is 99.4 Å². The molecule has 0 heterocycles. The van der Waals surface area contributed by atoms with Gasteiger partial charge in [-0.1, -0.05) is 0 Å². The lowest BCUT2D eigenvalue weighted by molar-refractivity contribution is 0.0629. The summed E-state index contributed by atoms with van der Waals surface area (Å²) in [6, 6.07) is 6.43. The highest BCUT2D eigenvalue weighted by molar-refractivity contribution is 5.97. The quantitative estimate of drug-likeness (QED) is 0.280. The van der Waals surface area contributed by atoms with Crippen LogP contribution < -0.4 is 4.74 Å². The Kier molecular flexibility index (Phi) is 6.56. The van der Waals surface area contributed by atoms with Crippen molar-refractivity contribution in [3.8, 4) is 5.75 Å². The molecule has 0 atom stereocenters.